The highest BCUT2D eigenvalue weighted by Gasteiger charge is 2.17. The number of Topliss-reactive ketones (excluding diaryl/α,β-unsaturated/α-hetero) is 1. The fourth-order valence-corrected chi connectivity index (χ4v) is 3.42. The number of fused-ring (bicyclic) bond motifs is 1. The first-order valence-electron chi connectivity index (χ1n) is 9.07. The fourth-order valence-electron chi connectivity index (χ4n) is 3.42. The Hall–Kier alpha value is -3.67. The Morgan fingerprint density at radius 3 is 2.66 bits per heavy atom. The van der Waals surface area contributed by atoms with Crippen molar-refractivity contribution in [2.45, 2.75) is 13.8 Å². The van der Waals surface area contributed by atoms with Crippen LogP contribution in [-0.2, 0) is 0 Å². The number of carbonyl (C=O) groups excluding carboxylic acids is 1. The quantitative estimate of drug-likeness (QED) is 0.368. The van der Waals surface area contributed by atoms with Gasteiger partial charge >= 0.3 is 5.63 Å². The predicted molar refractivity (Wildman–Crippen MR) is 108 cm³/mol. The number of aryl methyl sites for hydroxylation is 1. The standard InChI is InChI=1S/C23H18FNO4/c1-14-10-20(15(2)25(14)18-5-3-4-17(24)11-18)21(26)13-28-19-8-6-16-7-9-23(27)29-22(16)12-19/h3-12H,13H2,1-2H3. The zero-order valence-electron chi connectivity index (χ0n) is 15.9. The maximum atomic E-state index is 13.6. The molecule has 4 rings (SSSR count). The third kappa shape index (κ3) is 3.69. The van der Waals surface area contributed by atoms with E-state index >= 15 is 0 Å². The Balaban J connectivity index is 1.56. The van der Waals surface area contributed by atoms with Crippen molar-refractivity contribution in [3.8, 4) is 11.4 Å². The van der Waals surface area contributed by atoms with Crippen LogP contribution in [0.2, 0.25) is 0 Å². The van der Waals surface area contributed by atoms with Crippen LogP contribution in [0.4, 0.5) is 4.39 Å². The summed E-state index contributed by atoms with van der Waals surface area (Å²) in [5.74, 6) is -0.108. The van der Waals surface area contributed by atoms with Gasteiger partial charge in [0.25, 0.3) is 0 Å². The Morgan fingerprint density at radius 1 is 1.07 bits per heavy atom. The summed E-state index contributed by atoms with van der Waals surface area (Å²) < 4.78 is 26.2. The van der Waals surface area contributed by atoms with E-state index in [1.54, 1.807) is 42.5 Å². The van der Waals surface area contributed by atoms with Crippen LogP contribution in [0.25, 0.3) is 16.7 Å². The maximum Gasteiger partial charge on any atom is 0.336 e. The summed E-state index contributed by atoms with van der Waals surface area (Å²) in [6.45, 7) is 3.51. The third-order valence-corrected chi connectivity index (χ3v) is 4.76. The van der Waals surface area contributed by atoms with Crippen LogP contribution in [0.3, 0.4) is 0 Å². The van der Waals surface area contributed by atoms with E-state index in [1.807, 2.05) is 18.4 Å². The Kier molecular flexibility index (Phi) is 4.76. The molecule has 0 unspecified atom stereocenters. The normalized spacial score (nSPS) is 11.0. The van der Waals surface area contributed by atoms with Gasteiger partial charge in [0, 0.05) is 40.2 Å². The number of benzene rings is 2. The van der Waals surface area contributed by atoms with Gasteiger partial charge in [-0.05, 0) is 56.3 Å². The number of nitrogens with zero attached hydrogens (tertiary/aromatic N) is 1. The van der Waals surface area contributed by atoms with Crippen molar-refractivity contribution in [3.05, 3.63) is 93.9 Å². The molecular formula is C23H18FNO4. The molecule has 0 spiro atoms. The van der Waals surface area contributed by atoms with E-state index in [4.69, 9.17) is 9.15 Å². The van der Waals surface area contributed by atoms with Crippen LogP contribution in [0.1, 0.15) is 21.7 Å². The average Bonchev–Trinajstić information content (AvgIpc) is 3.00. The lowest BCUT2D eigenvalue weighted by Crippen LogP contribution is -2.12. The molecule has 5 nitrogen and oxygen atoms in total. The summed E-state index contributed by atoms with van der Waals surface area (Å²) >= 11 is 0. The van der Waals surface area contributed by atoms with Gasteiger partial charge in [-0.25, -0.2) is 9.18 Å². The van der Waals surface area contributed by atoms with Gasteiger partial charge in [-0.3, -0.25) is 4.79 Å². The fraction of sp³-hybridized carbons (Fsp3) is 0.130. The lowest BCUT2D eigenvalue weighted by molar-refractivity contribution is 0.0921. The van der Waals surface area contributed by atoms with Crippen LogP contribution >= 0.6 is 0 Å². The van der Waals surface area contributed by atoms with Crippen molar-refractivity contribution in [3.63, 3.8) is 0 Å². The molecule has 29 heavy (non-hydrogen) atoms. The summed E-state index contributed by atoms with van der Waals surface area (Å²) in [5.41, 5.74) is 2.65. The first-order chi connectivity index (χ1) is 13.9. The van der Waals surface area contributed by atoms with Crippen molar-refractivity contribution in [2.24, 2.45) is 0 Å². The largest absolute Gasteiger partial charge is 0.485 e. The van der Waals surface area contributed by atoms with Gasteiger partial charge in [0.1, 0.15) is 17.1 Å². The van der Waals surface area contributed by atoms with E-state index in [-0.39, 0.29) is 18.2 Å². The lowest BCUT2D eigenvalue weighted by atomic mass is 10.1. The van der Waals surface area contributed by atoms with Crippen molar-refractivity contribution >= 4 is 16.8 Å². The molecule has 0 aliphatic heterocycles. The number of rotatable bonds is 5. The Morgan fingerprint density at radius 2 is 1.86 bits per heavy atom. The highest BCUT2D eigenvalue weighted by molar-refractivity contribution is 5.98. The monoisotopic (exact) mass is 391 g/mol. The number of hydrogen-bond donors (Lipinski definition) is 0. The predicted octanol–water partition coefficient (Wildman–Crippen LogP) is 4.60. The molecule has 0 radical (unpaired) electrons. The molecule has 0 saturated heterocycles. The molecule has 6 heteroatoms. The molecule has 2 aromatic heterocycles. The highest BCUT2D eigenvalue weighted by Crippen LogP contribution is 2.23. The molecule has 0 atom stereocenters. The number of hydrogen-bond acceptors (Lipinski definition) is 4. The number of halogens is 1. The first kappa shape index (κ1) is 18.7. The molecule has 0 aliphatic rings. The molecular weight excluding hydrogens is 373 g/mol. The molecule has 4 aromatic rings. The average molecular weight is 391 g/mol. The summed E-state index contributed by atoms with van der Waals surface area (Å²) in [5, 5.41) is 0.766. The van der Waals surface area contributed by atoms with Gasteiger partial charge in [-0.2, -0.15) is 0 Å². The van der Waals surface area contributed by atoms with Gasteiger partial charge in [0.2, 0.25) is 5.78 Å². The number of carbonyl (C=O) groups is 1. The van der Waals surface area contributed by atoms with Crippen molar-refractivity contribution < 1.29 is 18.3 Å². The van der Waals surface area contributed by atoms with Gasteiger partial charge in [-0.1, -0.05) is 6.07 Å². The van der Waals surface area contributed by atoms with Crippen molar-refractivity contribution in [2.75, 3.05) is 6.61 Å². The van der Waals surface area contributed by atoms with Crippen LogP contribution in [0, 0.1) is 19.7 Å². The maximum absolute atomic E-state index is 13.6. The summed E-state index contributed by atoms with van der Waals surface area (Å²) in [4.78, 5) is 24.1. The highest BCUT2D eigenvalue weighted by atomic mass is 19.1. The summed E-state index contributed by atoms with van der Waals surface area (Å²) in [7, 11) is 0. The molecule has 0 saturated carbocycles. The van der Waals surface area contributed by atoms with E-state index in [9.17, 15) is 14.0 Å². The molecule has 0 amide bonds. The zero-order valence-corrected chi connectivity index (χ0v) is 15.9. The van der Waals surface area contributed by atoms with Gasteiger partial charge in [-0.15, -0.1) is 0 Å². The van der Waals surface area contributed by atoms with Gasteiger partial charge < -0.3 is 13.7 Å². The molecule has 0 aliphatic carbocycles. The van der Waals surface area contributed by atoms with E-state index in [0.29, 0.717) is 28.3 Å². The van der Waals surface area contributed by atoms with Gasteiger partial charge in [0.05, 0.1) is 0 Å². The minimum atomic E-state index is -0.449. The molecule has 2 heterocycles. The second kappa shape index (κ2) is 7.39. The lowest BCUT2D eigenvalue weighted by Gasteiger charge is -2.10. The molecule has 146 valence electrons. The molecule has 0 N–H and O–H groups in total. The Labute approximate surface area is 166 Å². The smallest absolute Gasteiger partial charge is 0.336 e. The minimum absolute atomic E-state index is 0.171. The number of ether oxygens (including phenoxy) is 1. The van der Waals surface area contributed by atoms with Crippen molar-refractivity contribution in [1.29, 1.82) is 0 Å². The van der Waals surface area contributed by atoms with E-state index in [0.717, 1.165) is 11.1 Å². The second-order valence-electron chi connectivity index (χ2n) is 6.77. The molecule has 0 fully saturated rings. The van der Waals surface area contributed by atoms with E-state index in [2.05, 4.69) is 0 Å². The van der Waals surface area contributed by atoms with Crippen LogP contribution in [-0.4, -0.2) is 17.0 Å². The van der Waals surface area contributed by atoms with E-state index in [1.165, 1.54) is 18.2 Å². The third-order valence-electron chi connectivity index (χ3n) is 4.76. The van der Waals surface area contributed by atoms with E-state index < -0.39 is 5.63 Å². The molecule has 0 bridgehead atoms. The van der Waals surface area contributed by atoms with Gasteiger partial charge in [0.15, 0.2) is 6.61 Å². The molecule has 2 aromatic carbocycles. The van der Waals surface area contributed by atoms with Crippen LogP contribution in [0.15, 0.2) is 69.9 Å². The number of ketones is 1. The zero-order chi connectivity index (χ0) is 20.5. The van der Waals surface area contributed by atoms with Crippen molar-refractivity contribution in [1.82, 2.24) is 4.57 Å². The Bertz CT molecular complexity index is 1290. The summed E-state index contributed by atoms with van der Waals surface area (Å²) in [6.07, 6.45) is 0. The van der Waals surface area contributed by atoms with Crippen LogP contribution < -0.4 is 10.4 Å². The second-order valence-corrected chi connectivity index (χ2v) is 6.77. The topological polar surface area (TPSA) is 61.4 Å². The summed E-state index contributed by atoms with van der Waals surface area (Å²) in [6, 6.07) is 16.1. The first-order valence-corrected chi connectivity index (χ1v) is 9.07. The SMILES string of the molecule is Cc1cc(C(=O)COc2ccc3ccc(=O)oc3c2)c(C)n1-c1cccc(F)c1. The minimum Gasteiger partial charge on any atom is -0.485 e. The number of aromatic nitrogens is 1. The van der Waals surface area contributed by atoms with Crippen LogP contribution in [0.5, 0.6) is 5.75 Å².